The number of thiocarbonyl (C=S) groups is 1. The average molecular weight is 262 g/mol. The van der Waals surface area contributed by atoms with Crippen LogP contribution in [0.25, 0.3) is 0 Å². The Kier molecular flexibility index (Phi) is 3.43. The van der Waals surface area contributed by atoms with Gasteiger partial charge in [0.25, 0.3) is 0 Å². The molecule has 0 aromatic heterocycles. The van der Waals surface area contributed by atoms with Crippen molar-refractivity contribution in [3.63, 3.8) is 0 Å². The van der Waals surface area contributed by atoms with Crippen LogP contribution in [0.3, 0.4) is 0 Å². The minimum atomic E-state index is -0.827. The molecule has 0 saturated carbocycles. The minimum absolute atomic E-state index is 0.0671. The van der Waals surface area contributed by atoms with Gasteiger partial charge in [-0.05, 0) is 6.92 Å². The lowest BCUT2D eigenvalue weighted by Gasteiger charge is -2.20. The molecule has 0 spiro atoms. The molecule has 18 heavy (non-hydrogen) atoms. The number of hydrogen-bond donors (Lipinski definition) is 2. The fraction of sp³-hybridized carbons (Fsp3) is 0.308. The summed E-state index contributed by atoms with van der Waals surface area (Å²) in [6, 6.07) is 9.66. The molecule has 1 atom stereocenters. The summed E-state index contributed by atoms with van der Waals surface area (Å²) in [4.78, 5) is 15.7. The summed E-state index contributed by atoms with van der Waals surface area (Å²) in [6.45, 7) is 1.86. The van der Waals surface area contributed by atoms with E-state index in [1.54, 1.807) is 0 Å². The number of rotatable bonds is 4. The second-order valence-electron chi connectivity index (χ2n) is 4.45. The van der Waals surface area contributed by atoms with Gasteiger partial charge >= 0.3 is 5.97 Å². The SMILES string of the molecule is CC1(CCC(=O)O)N=C(c2ccccc2)C(=S)N1. The monoisotopic (exact) mass is 262 g/mol. The van der Waals surface area contributed by atoms with E-state index in [2.05, 4.69) is 10.3 Å². The Morgan fingerprint density at radius 2 is 2.11 bits per heavy atom. The number of carboxylic acid groups (broad SMARTS) is 1. The smallest absolute Gasteiger partial charge is 0.303 e. The first-order chi connectivity index (χ1) is 8.50. The summed E-state index contributed by atoms with van der Waals surface area (Å²) in [5.41, 5.74) is 1.08. The minimum Gasteiger partial charge on any atom is -0.481 e. The molecule has 0 bridgehead atoms. The van der Waals surface area contributed by atoms with Gasteiger partial charge < -0.3 is 10.4 Å². The number of hydrogen-bond acceptors (Lipinski definition) is 3. The quantitative estimate of drug-likeness (QED) is 0.815. The molecule has 0 aliphatic carbocycles. The normalized spacial score (nSPS) is 22.5. The summed E-state index contributed by atoms with van der Waals surface area (Å²) in [5.74, 6) is -0.827. The molecule has 4 nitrogen and oxygen atoms in total. The van der Waals surface area contributed by atoms with Crippen molar-refractivity contribution in [3.05, 3.63) is 35.9 Å². The van der Waals surface area contributed by atoms with Gasteiger partial charge in [0.2, 0.25) is 0 Å². The molecule has 0 radical (unpaired) electrons. The Balaban J connectivity index is 2.22. The summed E-state index contributed by atoms with van der Waals surface area (Å²) >= 11 is 5.26. The fourth-order valence-corrected chi connectivity index (χ4v) is 2.27. The molecule has 1 heterocycles. The zero-order chi connectivity index (χ0) is 13.2. The predicted molar refractivity (Wildman–Crippen MR) is 74.0 cm³/mol. The molecule has 1 unspecified atom stereocenters. The van der Waals surface area contributed by atoms with E-state index >= 15 is 0 Å². The Labute approximate surface area is 111 Å². The maximum absolute atomic E-state index is 10.6. The highest BCUT2D eigenvalue weighted by molar-refractivity contribution is 7.82. The molecule has 1 aromatic carbocycles. The van der Waals surface area contributed by atoms with Crippen LogP contribution in [0.1, 0.15) is 25.3 Å². The zero-order valence-corrected chi connectivity index (χ0v) is 10.8. The van der Waals surface area contributed by atoms with Gasteiger partial charge in [-0.2, -0.15) is 0 Å². The number of nitrogens with one attached hydrogen (secondary N) is 1. The lowest BCUT2D eigenvalue weighted by atomic mass is 10.1. The van der Waals surface area contributed by atoms with E-state index in [1.807, 2.05) is 37.3 Å². The predicted octanol–water partition coefficient (Wildman–Crippen LogP) is 1.99. The molecule has 2 N–H and O–H groups in total. The van der Waals surface area contributed by atoms with E-state index in [4.69, 9.17) is 17.3 Å². The Hall–Kier alpha value is -1.75. The molecule has 5 heteroatoms. The van der Waals surface area contributed by atoms with Gasteiger partial charge in [0, 0.05) is 18.4 Å². The highest BCUT2D eigenvalue weighted by Crippen LogP contribution is 2.22. The zero-order valence-electron chi connectivity index (χ0n) is 10.0. The van der Waals surface area contributed by atoms with Crippen LogP contribution < -0.4 is 5.32 Å². The van der Waals surface area contributed by atoms with Gasteiger partial charge in [0.05, 0.1) is 0 Å². The number of benzene rings is 1. The molecular weight excluding hydrogens is 248 g/mol. The molecule has 0 fully saturated rings. The first-order valence-corrected chi connectivity index (χ1v) is 6.11. The maximum Gasteiger partial charge on any atom is 0.303 e. The highest BCUT2D eigenvalue weighted by atomic mass is 32.1. The number of nitrogens with zero attached hydrogens (tertiary/aromatic N) is 1. The molecule has 0 amide bonds. The summed E-state index contributed by atoms with van der Waals surface area (Å²) in [5, 5.41) is 11.8. The first-order valence-electron chi connectivity index (χ1n) is 5.70. The molecule has 94 valence electrons. The highest BCUT2D eigenvalue weighted by Gasteiger charge is 2.33. The van der Waals surface area contributed by atoms with E-state index in [1.165, 1.54) is 0 Å². The number of carboxylic acids is 1. The summed E-state index contributed by atoms with van der Waals surface area (Å²) < 4.78 is 0. The Bertz CT molecular complexity index is 513. The van der Waals surface area contributed by atoms with Gasteiger partial charge in [-0.15, -0.1) is 0 Å². The molecule has 0 saturated heterocycles. The van der Waals surface area contributed by atoms with E-state index in [0.717, 1.165) is 11.3 Å². The van der Waals surface area contributed by atoms with Gasteiger partial charge in [-0.1, -0.05) is 42.5 Å². The lowest BCUT2D eigenvalue weighted by molar-refractivity contribution is -0.137. The van der Waals surface area contributed by atoms with Crippen molar-refractivity contribution < 1.29 is 9.90 Å². The van der Waals surface area contributed by atoms with Crippen LogP contribution >= 0.6 is 12.2 Å². The Morgan fingerprint density at radius 3 is 2.72 bits per heavy atom. The van der Waals surface area contributed by atoms with E-state index in [9.17, 15) is 4.79 Å². The summed E-state index contributed by atoms with van der Waals surface area (Å²) in [7, 11) is 0. The van der Waals surface area contributed by atoms with Crippen molar-refractivity contribution in [2.45, 2.75) is 25.4 Å². The Morgan fingerprint density at radius 1 is 1.44 bits per heavy atom. The van der Waals surface area contributed by atoms with Crippen LogP contribution in [0, 0.1) is 0 Å². The molecule has 1 aliphatic rings. The third-order valence-corrected chi connectivity index (χ3v) is 3.12. The van der Waals surface area contributed by atoms with Crippen molar-refractivity contribution in [2.24, 2.45) is 4.99 Å². The first kappa shape index (κ1) is 12.7. The second-order valence-corrected chi connectivity index (χ2v) is 4.86. The van der Waals surface area contributed by atoms with Crippen molar-refractivity contribution in [2.75, 3.05) is 0 Å². The molecule has 1 aromatic rings. The van der Waals surface area contributed by atoms with E-state index in [0.29, 0.717) is 11.4 Å². The standard InChI is InChI=1S/C13H14N2O2S/c1-13(8-7-10(16)17)14-11(12(18)15-13)9-5-3-2-4-6-9/h2-6H,7-8H2,1H3,(H,15,18)(H,16,17). The van der Waals surface area contributed by atoms with Crippen LogP contribution in [-0.2, 0) is 4.79 Å². The van der Waals surface area contributed by atoms with Crippen LogP contribution in [0.4, 0.5) is 0 Å². The van der Waals surface area contributed by atoms with Crippen LogP contribution in [0.5, 0.6) is 0 Å². The van der Waals surface area contributed by atoms with Crippen molar-refractivity contribution in [3.8, 4) is 0 Å². The van der Waals surface area contributed by atoms with Gasteiger partial charge in [0.15, 0.2) is 0 Å². The summed E-state index contributed by atoms with van der Waals surface area (Å²) in [6.07, 6.45) is 0.483. The maximum atomic E-state index is 10.6. The van der Waals surface area contributed by atoms with E-state index < -0.39 is 11.6 Å². The second kappa shape index (κ2) is 4.86. The third-order valence-electron chi connectivity index (χ3n) is 2.83. The van der Waals surface area contributed by atoms with Gasteiger partial charge in [-0.25, -0.2) is 0 Å². The van der Waals surface area contributed by atoms with Crippen molar-refractivity contribution in [1.29, 1.82) is 0 Å². The van der Waals surface area contributed by atoms with Gasteiger partial charge in [-0.3, -0.25) is 9.79 Å². The van der Waals surface area contributed by atoms with Crippen molar-refractivity contribution >= 4 is 28.9 Å². The lowest BCUT2D eigenvalue weighted by Crippen LogP contribution is -2.39. The third kappa shape index (κ3) is 2.73. The average Bonchev–Trinajstić information content (AvgIpc) is 2.64. The van der Waals surface area contributed by atoms with Crippen LogP contribution in [-0.4, -0.2) is 27.4 Å². The molecule has 2 rings (SSSR count). The number of carbonyl (C=O) groups is 1. The van der Waals surface area contributed by atoms with Gasteiger partial charge in [0.1, 0.15) is 16.4 Å². The number of aliphatic carboxylic acids is 1. The fourth-order valence-electron chi connectivity index (χ4n) is 1.89. The van der Waals surface area contributed by atoms with Crippen LogP contribution in [0.15, 0.2) is 35.3 Å². The van der Waals surface area contributed by atoms with E-state index in [-0.39, 0.29) is 6.42 Å². The molecular formula is C13H14N2O2S. The van der Waals surface area contributed by atoms with Crippen molar-refractivity contribution in [1.82, 2.24) is 5.32 Å². The number of aliphatic imine (C=N–C) groups is 1. The topological polar surface area (TPSA) is 61.7 Å². The largest absolute Gasteiger partial charge is 0.481 e. The van der Waals surface area contributed by atoms with Crippen LogP contribution in [0.2, 0.25) is 0 Å². The molecule has 1 aliphatic heterocycles.